The summed E-state index contributed by atoms with van der Waals surface area (Å²) in [4.78, 5) is 24.2. The molecule has 0 spiro atoms. The van der Waals surface area contributed by atoms with E-state index in [-0.39, 0.29) is 11.6 Å². The molecule has 0 bridgehead atoms. The fraction of sp³-hybridized carbons (Fsp3) is 0.467. The molecular weight excluding hydrogens is 320 g/mol. The Labute approximate surface area is 136 Å². The van der Waals surface area contributed by atoms with Crippen molar-refractivity contribution in [2.24, 2.45) is 5.73 Å². The lowest BCUT2D eigenvalue weighted by molar-refractivity contribution is -0.170. The highest BCUT2D eigenvalue weighted by atomic mass is 19.3. The maximum atomic E-state index is 12.3. The standard InChI is InChI=1S/C15H17F2N5O2/c16-14(17)24-10-3-1-9(2-4-10)11-7-20-15(21-12(11)13(18)23)22-6-5-19-8-22/h5-10,14H,1-4H2,(H2,18,23). The van der Waals surface area contributed by atoms with Gasteiger partial charge in [-0.3, -0.25) is 9.36 Å². The number of hydrogen-bond donors (Lipinski definition) is 1. The number of ether oxygens (including phenoxy) is 1. The van der Waals surface area contributed by atoms with Gasteiger partial charge in [-0.15, -0.1) is 0 Å². The molecule has 2 aromatic rings. The average Bonchev–Trinajstić information content (AvgIpc) is 3.09. The fourth-order valence-electron chi connectivity index (χ4n) is 3.04. The van der Waals surface area contributed by atoms with Gasteiger partial charge in [-0.25, -0.2) is 15.0 Å². The molecule has 9 heteroatoms. The third kappa shape index (κ3) is 3.56. The van der Waals surface area contributed by atoms with Crippen molar-refractivity contribution in [2.75, 3.05) is 0 Å². The van der Waals surface area contributed by atoms with Gasteiger partial charge in [0.15, 0.2) is 0 Å². The number of nitrogens with zero attached hydrogens (tertiary/aromatic N) is 4. The third-order valence-electron chi connectivity index (χ3n) is 4.18. The highest BCUT2D eigenvalue weighted by Gasteiger charge is 2.28. The minimum absolute atomic E-state index is 0.00172. The van der Waals surface area contributed by atoms with Crippen molar-refractivity contribution in [3.05, 3.63) is 36.2 Å². The number of rotatable bonds is 5. The van der Waals surface area contributed by atoms with Crippen LogP contribution in [0.25, 0.3) is 5.95 Å². The van der Waals surface area contributed by atoms with E-state index in [1.807, 2.05) is 0 Å². The lowest BCUT2D eigenvalue weighted by atomic mass is 9.82. The number of aromatic nitrogens is 4. The molecule has 1 amide bonds. The predicted octanol–water partition coefficient (Wildman–Crippen LogP) is 2.03. The molecule has 128 valence electrons. The largest absolute Gasteiger partial charge is 0.364 e. The molecule has 1 saturated carbocycles. The quantitative estimate of drug-likeness (QED) is 0.900. The van der Waals surface area contributed by atoms with Crippen LogP contribution in [0.15, 0.2) is 24.9 Å². The Morgan fingerprint density at radius 2 is 2.08 bits per heavy atom. The normalized spacial score (nSPS) is 21.1. The first-order valence-corrected chi connectivity index (χ1v) is 7.63. The summed E-state index contributed by atoms with van der Waals surface area (Å²) in [6.07, 6.45) is 8.11. The van der Waals surface area contributed by atoms with Crippen LogP contribution in [0.1, 0.15) is 47.7 Å². The summed E-state index contributed by atoms with van der Waals surface area (Å²) in [5.74, 6) is -0.332. The summed E-state index contributed by atoms with van der Waals surface area (Å²) in [6.45, 7) is -2.76. The van der Waals surface area contributed by atoms with E-state index in [0.717, 1.165) is 0 Å². The van der Waals surface area contributed by atoms with E-state index in [1.54, 1.807) is 23.2 Å². The SMILES string of the molecule is NC(=O)c1nc(-n2ccnc2)ncc1C1CCC(OC(F)F)CC1. The van der Waals surface area contributed by atoms with Crippen LogP contribution in [-0.4, -0.2) is 38.1 Å². The molecule has 1 aliphatic carbocycles. The minimum Gasteiger partial charge on any atom is -0.364 e. The van der Waals surface area contributed by atoms with Crippen LogP contribution in [0.5, 0.6) is 0 Å². The number of amides is 1. The zero-order valence-electron chi connectivity index (χ0n) is 12.8. The van der Waals surface area contributed by atoms with Gasteiger partial charge < -0.3 is 10.5 Å². The molecule has 2 N–H and O–H groups in total. The van der Waals surface area contributed by atoms with Crippen molar-refractivity contribution in [3.63, 3.8) is 0 Å². The molecule has 24 heavy (non-hydrogen) atoms. The summed E-state index contributed by atoms with van der Waals surface area (Å²) in [5, 5.41) is 0. The van der Waals surface area contributed by atoms with Gasteiger partial charge in [0.2, 0.25) is 5.95 Å². The second-order valence-corrected chi connectivity index (χ2v) is 5.68. The number of hydrogen-bond acceptors (Lipinski definition) is 5. The summed E-state index contributed by atoms with van der Waals surface area (Å²) < 4.78 is 30.7. The summed E-state index contributed by atoms with van der Waals surface area (Å²) >= 11 is 0. The molecule has 1 fully saturated rings. The third-order valence-corrected chi connectivity index (χ3v) is 4.18. The predicted molar refractivity (Wildman–Crippen MR) is 79.8 cm³/mol. The summed E-state index contributed by atoms with van der Waals surface area (Å²) in [5.41, 5.74) is 6.27. The Kier molecular flexibility index (Phi) is 4.79. The van der Waals surface area contributed by atoms with Gasteiger partial charge >= 0.3 is 6.61 Å². The zero-order chi connectivity index (χ0) is 17.1. The maximum absolute atomic E-state index is 12.3. The van der Waals surface area contributed by atoms with Crippen LogP contribution in [0.3, 0.4) is 0 Å². The van der Waals surface area contributed by atoms with Gasteiger partial charge in [0.05, 0.1) is 6.10 Å². The van der Waals surface area contributed by atoms with E-state index in [0.29, 0.717) is 37.2 Å². The Balaban J connectivity index is 1.80. The second kappa shape index (κ2) is 7.00. The van der Waals surface area contributed by atoms with E-state index in [1.165, 1.54) is 6.33 Å². The monoisotopic (exact) mass is 337 g/mol. The fourth-order valence-corrected chi connectivity index (χ4v) is 3.04. The van der Waals surface area contributed by atoms with Crippen LogP contribution < -0.4 is 5.73 Å². The number of primary amides is 1. The Hall–Kier alpha value is -2.42. The highest BCUT2D eigenvalue weighted by molar-refractivity contribution is 5.92. The Morgan fingerprint density at radius 3 is 2.67 bits per heavy atom. The van der Waals surface area contributed by atoms with E-state index in [2.05, 4.69) is 19.7 Å². The van der Waals surface area contributed by atoms with Crippen LogP contribution in [-0.2, 0) is 4.74 Å². The van der Waals surface area contributed by atoms with Crippen molar-refractivity contribution in [1.82, 2.24) is 19.5 Å². The van der Waals surface area contributed by atoms with Gasteiger partial charge in [-0.05, 0) is 31.6 Å². The number of carbonyl (C=O) groups is 1. The molecular formula is C15H17F2N5O2. The topological polar surface area (TPSA) is 95.9 Å². The molecule has 0 aromatic carbocycles. The molecule has 1 aliphatic rings. The summed E-state index contributed by atoms with van der Waals surface area (Å²) in [6, 6.07) is 0. The molecule has 0 unspecified atom stereocenters. The average molecular weight is 337 g/mol. The van der Waals surface area contributed by atoms with Gasteiger partial charge in [-0.2, -0.15) is 8.78 Å². The van der Waals surface area contributed by atoms with Crippen LogP contribution >= 0.6 is 0 Å². The second-order valence-electron chi connectivity index (χ2n) is 5.68. The van der Waals surface area contributed by atoms with Crippen molar-refractivity contribution >= 4 is 5.91 Å². The molecule has 0 atom stereocenters. The number of nitrogens with two attached hydrogens (primary N) is 1. The van der Waals surface area contributed by atoms with Gasteiger partial charge in [-0.1, -0.05) is 0 Å². The van der Waals surface area contributed by atoms with E-state index in [9.17, 15) is 13.6 Å². The van der Waals surface area contributed by atoms with Crippen molar-refractivity contribution in [2.45, 2.75) is 44.3 Å². The van der Waals surface area contributed by atoms with Gasteiger partial charge in [0, 0.05) is 24.2 Å². The smallest absolute Gasteiger partial charge is 0.345 e. The molecule has 2 aromatic heterocycles. The van der Waals surface area contributed by atoms with E-state index < -0.39 is 18.6 Å². The van der Waals surface area contributed by atoms with Crippen molar-refractivity contribution < 1.29 is 18.3 Å². The molecule has 0 saturated heterocycles. The molecule has 0 aliphatic heterocycles. The maximum Gasteiger partial charge on any atom is 0.345 e. The number of alkyl halides is 2. The number of halogens is 2. The lowest BCUT2D eigenvalue weighted by Crippen LogP contribution is -2.25. The number of imidazole rings is 1. The molecule has 3 rings (SSSR count). The van der Waals surface area contributed by atoms with Crippen molar-refractivity contribution in [1.29, 1.82) is 0 Å². The van der Waals surface area contributed by atoms with Gasteiger partial charge in [0.25, 0.3) is 5.91 Å². The lowest BCUT2D eigenvalue weighted by Gasteiger charge is -2.28. The van der Waals surface area contributed by atoms with E-state index >= 15 is 0 Å². The van der Waals surface area contributed by atoms with E-state index in [4.69, 9.17) is 5.73 Å². The van der Waals surface area contributed by atoms with Crippen LogP contribution in [0.2, 0.25) is 0 Å². The number of carbonyl (C=O) groups excluding carboxylic acids is 1. The zero-order valence-corrected chi connectivity index (χ0v) is 12.8. The molecule has 7 nitrogen and oxygen atoms in total. The van der Waals surface area contributed by atoms with Crippen molar-refractivity contribution in [3.8, 4) is 5.95 Å². The highest BCUT2D eigenvalue weighted by Crippen LogP contribution is 2.35. The first-order valence-electron chi connectivity index (χ1n) is 7.63. The minimum atomic E-state index is -2.76. The first kappa shape index (κ1) is 16.4. The Bertz CT molecular complexity index is 700. The van der Waals surface area contributed by atoms with Gasteiger partial charge in [0.1, 0.15) is 12.0 Å². The first-order chi connectivity index (χ1) is 11.5. The van der Waals surface area contributed by atoms with Crippen LogP contribution in [0.4, 0.5) is 8.78 Å². The van der Waals surface area contributed by atoms with Crippen LogP contribution in [0, 0.1) is 0 Å². The molecule has 0 radical (unpaired) electrons. The summed E-state index contributed by atoms with van der Waals surface area (Å²) in [7, 11) is 0. The Morgan fingerprint density at radius 1 is 1.33 bits per heavy atom. The molecule has 2 heterocycles.